The summed E-state index contributed by atoms with van der Waals surface area (Å²) in [4.78, 5) is 0. The molecule has 0 aliphatic rings. The van der Waals surface area contributed by atoms with E-state index in [2.05, 4.69) is 10.2 Å². The van der Waals surface area contributed by atoms with Gasteiger partial charge in [0.2, 0.25) is 0 Å². The Bertz CT molecular complexity index is 384. The molecular weight excluding hydrogens is 182 g/mol. The monoisotopic (exact) mass is 191 g/mol. The molecule has 0 aliphatic heterocycles. The molecule has 4 heteroatoms. The third-order valence-electron chi connectivity index (χ3n) is 1.71. The maximum Gasteiger partial charge on any atom is 0.121 e. The first-order chi connectivity index (χ1) is 6.34. The van der Waals surface area contributed by atoms with Crippen LogP contribution in [0.3, 0.4) is 0 Å². The van der Waals surface area contributed by atoms with Gasteiger partial charge >= 0.3 is 0 Å². The van der Waals surface area contributed by atoms with Crippen molar-refractivity contribution in [3.05, 3.63) is 40.3 Å². The van der Waals surface area contributed by atoms with Crippen molar-refractivity contribution in [3.63, 3.8) is 0 Å². The highest BCUT2D eigenvalue weighted by Gasteiger charge is 1.99. The largest absolute Gasteiger partial charge is 0.399 e. The fraction of sp³-hybridized carbons (Fsp3) is 0.111. The second-order valence-electron chi connectivity index (χ2n) is 2.75. The SMILES string of the molecule is Nc1cccc(Cc2nncs2)c1. The number of hydrogen-bond donors (Lipinski definition) is 1. The minimum Gasteiger partial charge on any atom is -0.399 e. The summed E-state index contributed by atoms with van der Waals surface area (Å²) in [6, 6.07) is 7.83. The molecule has 0 aliphatic carbocycles. The first-order valence-corrected chi connectivity index (χ1v) is 4.82. The highest BCUT2D eigenvalue weighted by Crippen LogP contribution is 2.12. The van der Waals surface area contributed by atoms with Crippen LogP contribution in [0.4, 0.5) is 5.69 Å². The van der Waals surface area contributed by atoms with E-state index in [1.807, 2.05) is 24.3 Å². The van der Waals surface area contributed by atoms with Crippen LogP contribution in [0, 0.1) is 0 Å². The molecule has 3 nitrogen and oxygen atoms in total. The quantitative estimate of drug-likeness (QED) is 0.735. The summed E-state index contributed by atoms with van der Waals surface area (Å²) in [6.45, 7) is 0. The van der Waals surface area contributed by atoms with Crippen LogP contribution in [0.1, 0.15) is 10.6 Å². The molecule has 0 fully saturated rings. The molecule has 2 aromatic rings. The lowest BCUT2D eigenvalue weighted by molar-refractivity contribution is 1.00. The minimum absolute atomic E-state index is 0.794. The maximum atomic E-state index is 5.65. The van der Waals surface area contributed by atoms with Gasteiger partial charge in [0.05, 0.1) is 0 Å². The van der Waals surface area contributed by atoms with E-state index in [1.165, 1.54) is 5.56 Å². The van der Waals surface area contributed by atoms with Gasteiger partial charge in [-0.05, 0) is 17.7 Å². The molecule has 13 heavy (non-hydrogen) atoms. The molecule has 0 saturated carbocycles. The van der Waals surface area contributed by atoms with Crippen molar-refractivity contribution in [2.45, 2.75) is 6.42 Å². The highest BCUT2D eigenvalue weighted by molar-refractivity contribution is 7.09. The van der Waals surface area contributed by atoms with Crippen LogP contribution in [0.15, 0.2) is 29.8 Å². The number of nitrogen functional groups attached to an aromatic ring is 1. The molecule has 0 atom stereocenters. The number of benzene rings is 1. The second kappa shape index (κ2) is 3.53. The third-order valence-corrected chi connectivity index (χ3v) is 2.41. The van der Waals surface area contributed by atoms with Crippen LogP contribution in [0.25, 0.3) is 0 Å². The van der Waals surface area contributed by atoms with Crippen molar-refractivity contribution >= 4 is 17.0 Å². The number of hydrogen-bond acceptors (Lipinski definition) is 4. The normalized spacial score (nSPS) is 10.2. The summed E-state index contributed by atoms with van der Waals surface area (Å²) in [7, 11) is 0. The van der Waals surface area contributed by atoms with Crippen LogP contribution in [0.2, 0.25) is 0 Å². The molecule has 0 unspecified atom stereocenters. The maximum absolute atomic E-state index is 5.65. The van der Waals surface area contributed by atoms with Gasteiger partial charge in [0.25, 0.3) is 0 Å². The van der Waals surface area contributed by atoms with Gasteiger partial charge < -0.3 is 5.73 Å². The van der Waals surface area contributed by atoms with Crippen LogP contribution in [-0.4, -0.2) is 10.2 Å². The van der Waals surface area contributed by atoms with E-state index < -0.39 is 0 Å². The Balaban J connectivity index is 2.19. The smallest absolute Gasteiger partial charge is 0.121 e. The summed E-state index contributed by atoms with van der Waals surface area (Å²) < 4.78 is 0. The van der Waals surface area contributed by atoms with Crippen molar-refractivity contribution < 1.29 is 0 Å². The lowest BCUT2D eigenvalue weighted by atomic mass is 10.1. The molecule has 0 bridgehead atoms. The number of rotatable bonds is 2. The topological polar surface area (TPSA) is 51.8 Å². The van der Waals surface area contributed by atoms with Crippen molar-refractivity contribution in [2.75, 3.05) is 5.73 Å². The predicted octanol–water partition coefficient (Wildman–Crippen LogP) is 1.71. The van der Waals surface area contributed by atoms with E-state index >= 15 is 0 Å². The van der Waals surface area contributed by atoms with Crippen molar-refractivity contribution in [2.24, 2.45) is 0 Å². The summed E-state index contributed by atoms with van der Waals surface area (Å²) >= 11 is 1.56. The Hall–Kier alpha value is -1.42. The van der Waals surface area contributed by atoms with Crippen molar-refractivity contribution in [3.8, 4) is 0 Å². The molecule has 0 saturated heterocycles. The van der Waals surface area contributed by atoms with E-state index in [9.17, 15) is 0 Å². The van der Waals surface area contributed by atoms with Gasteiger partial charge in [-0.25, -0.2) is 0 Å². The highest BCUT2D eigenvalue weighted by atomic mass is 32.1. The van der Waals surface area contributed by atoms with Gasteiger partial charge in [0.15, 0.2) is 0 Å². The zero-order valence-corrected chi connectivity index (χ0v) is 7.79. The zero-order valence-electron chi connectivity index (χ0n) is 6.97. The van der Waals surface area contributed by atoms with Gasteiger partial charge in [-0.3, -0.25) is 0 Å². The Morgan fingerprint density at radius 3 is 3.00 bits per heavy atom. The van der Waals surface area contributed by atoms with E-state index in [4.69, 9.17) is 5.73 Å². The molecule has 1 aromatic carbocycles. The Labute approximate surface area is 80.2 Å². The molecule has 0 spiro atoms. The summed E-state index contributed by atoms with van der Waals surface area (Å²) in [5.41, 5.74) is 9.36. The molecule has 0 amide bonds. The Kier molecular flexibility index (Phi) is 2.23. The van der Waals surface area contributed by atoms with Crippen LogP contribution in [-0.2, 0) is 6.42 Å². The first kappa shape index (κ1) is 8.19. The molecule has 0 radical (unpaired) electrons. The van der Waals surface area contributed by atoms with Crippen LogP contribution in [0.5, 0.6) is 0 Å². The van der Waals surface area contributed by atoms with Gasteiger partial charge in [0.1, 0.15) is 10.5 Å². The van der Waals surface area contributed by atoms with Crippen molar-refractivity contribution in [1.29, 1.82) is 0 Å². The van der Waals surface area contributed by atoms with Gasteiger partial charge in [-0.15, -0.1) is 21.5 Å². The third kappa shape index (κ3) is 2.03. The average Bonchev–Trinajstić information content (AvgIpc) is 2.57. The van der Waals surface area contributed by atoms with E-state index in [1.54, 1.807) is 16.8 Å². The van der Waals surface area contributed by atoms with E-state index in [0.717, 1.165) is 17.1 Å². The van der Waals surface area contributed by atoms with Crippen molar-refractivity contribution in [1.82, 2.24) is 10.2 Å². The molecule has 1 heterocycles. The van der Waals surface area contributed by atoms with Crippen LogP contribution < -0.4 is 5.73 Å². The van der Waals surface area contributed by atoms with Gasteiger partial charge in [-0.1, -0.05) is 12.1 Å². The fourth-order valence-corrected chi connectivity index (χ4v) is 1.71. The minimum atomic E-state index is 0.794. The number of aromatic nitrogens is 2. The van der Waals surface area contributed by atoms with Gasteiger partial charge in [-0.2, -0.15) is 0 Å². The zero-order chi connectivity index (χ0) is 9.10. The lowest BCUT2D eigenvalue weighted by Crippen LogP contribution is -1.90. The van der Waals surface area contributed by atoms with Gasteiger partial charge in [0, 0.05) is 12.1 Å². The standard InChI is InChI=1S/C9H9N3S/c10-8-3-1-2-7(4-8)5-9-12-11-6-13-9/h1-4,6H,5,10H2. The number of nitrogens with zero attached hydrogens (tertiary/aromatic N) is 2. The lowest BCUT2D eigenvalue weighted by Gasteiger charge is -1.98. The molecular formula is C9H9N3S. The Morgan fingerprint density at radius 1 is 1.38 bits per heavy atom. The Morgan fingerprint density at radius 2 is 2.31 bits per heavy atom. The number of nitrogens with two attached hydrogens (primary N) is 1. The molecule has 2 rings (SSSR count). The summed E-state index contributed by atoms with van der Waals surface area (Å²) in [5.74, 6) is 0. The predicted molar refractivity (Wildman–Crippen MR) is 53.6 cm³/mol. The molecule has 2 N–H and O–H groups in total. The summed E-state index contributed by atoms with van der Waals surface area (Å²) in [5, 5.41) is 8.77. The van der Waals surface area contributed by atoms with Crippen LogP contribution >= 0.6 is 11.3 Å². The summed E-state index contributed by atoms with van der Waals surface area (Å²) in [6.07, 6.45) is 0.815. The van der Waals surface area contributed by atoms with E-state index in [-0.39, 0.29) is 0 Å². The number of anilines is 1. The average molecular weight is 191 g/mol. The first-order valence-electron chi connectivity index (χ1n) is 3.94. The van der Waals surface area contributed by atoms with E-state index in [0.29, 0.717) is 0 Å². The molecule has 1 aromatic heterocycles. The fourth-order valence-electron chi connectivity index (χ4n) is 1.15. The second-order valence-corrected chi connectivity index (χ2v) is 3.67. The molecule has 66 valence electrons.